The van der Waals surface area contributed by atoms with E-state index in [-0.39, 0.29) is 17.5 Å². The highest BCUT2D eigenvalue weighted by Gasteiger charge is 2.46. The van der Waals surface area contributed by atoms with Crippen LogP contribution in [0, 0.1) is 11.3 Å². The van der Waals surface area contributed by atoms with Crippen LogP contribution >= 0.6 is 0 Å². The lowest BCUT2D eigenvalue weighted by molar-refractivity contribution is -0.137. The Hall–Kier alpha value is -4.17. The van der Waals surface area contributed by atoms with Crippen molar-refractivity contribution in [1.29, 1.82) is 5.26 Å². The molecule has 2 saturated heterocycles. The third-order valence-corrected chi connectivity index (χ3v) is 7.84. The van der Waals surface area contributed by atoms with E-state index in [1.807, 2.05) is 42.2 Å². The number of carbonyl (C=O) groups excluding carboxylic acids is 1. The number of anilines is 1. The summed E-state index contributed by atoms with van der Waals surface area (Å²) in [5.74, 6) is 0.271. The highest BCUT2D eigenvalue weighted by Crippen LogP contribution is 2.41. The number of nitriles is 1. The lowest BCUT2D eigenvalue weighted by atomic mass is 9.73. The number of carbonyl (C=O) groups is 1. The average Bonchev–Trinajstić information content (AvgIpc) is 3.50. The van der Waals surface area contributed by atoms with Crippen LogP contribution in [-0.4, -0.2) is 54.7 Å². The molecule has 4 heterocycles. The molecule has 41 heavy (non-hydrogen) atoms. The van der Waals surface area contributed by atoms with Crippen molar-refractivity contribution in [2.45, 2.75) is 43.8 Å². The minimum Gasteiger partial charge on any atom is -0.478 e. The second kappa shape index (κ2) is 11.7. The number of rotatable bonds is 7. The standard InChI is InChI=1S/C30H31F3N6O2/c1-2-41-27-24(20-4-3-12-35-18-20)6-8-26(38-27)29(28(40)37-23-9-13-36-19-23)10-14-39(15-11-29)25-7-5-22(30(31,32)33)16-21(25)17-34/h3-8,12,16,18,23,36H,2,9-11,13-15,19H2,1H3,(H,37,40)/t23-/m1/s1. The predicted octanol–water partition coefficient (Wildman–Crippen LogP) is 4.45. The van der Waals surface area contributed by atoms with E-state index in [1.54, 1.807) is 12.4 Å². The number of pyridine rings is 2. The SMILES string of the molecule is CCOc1nc(C2(C(=O)N[C@@H]3CCNC3)CCN(c3ccc(C(F)(F)F)cc3C#N)CC2)ccc1-c1cccnc1. The van der Waals surface area contributed by atoms with Gasteiger partial charge < -0.3 is 20.3 Å². The smallest absolute Gasteiger partial charge is 0.416 e. The number of benzene rings is 1. The van der Waals surface area contributed by atoms with Crippen LogP contribution in [0.5, 0.6) is 5.88 Å². The number of nitrogens with zero attached hydrogens (tertiary/aromatic N) is 4. The summed E-state index contributed by atoms with van der Waals surface area (Å²) in [6, 6.07) is 12.6. The molecule has 0 spiro atoms. The molecule has 214 valence electrons. The van der Waals surface area contributed by atoms with Crippen LogP contribution in [0.3, 0.4) is 0 Å². The van der Waals surface area contributed by atoms with Crippen molar-refractivity contribution in [1.82, 2.24) is 20.6 Å². The number of nitrogens with one attached hydrogen (secondary N) is 2. The zero-order valence-corrected chi connectivity index (χ0v) is 22.7. The number of halogens is 3. The van der Waals surface area contributed by atoms with Gasteiger partial charge in [-0.15, -0.1) is 0 Å². The van der Waals surface area contributed by atoms with Crippen molar-refractivity contribution in [3.05, 3.63) is 71.7 Å². The number of alkyl halides is 3. The minimum absolute atomic E-state index is 0.00135. The molecule has 2 aliphatic heterocycles. The van der Waals surface area contributed by atoms with E-state index < -0.39 is 17.2 Å². The Morgan fingerprint density at radius 2 is 2.05 bits per heavy atom. The third kappa shape index (κ3) is 5.84. The number of aromatic nitrogens is 2. The van der Waals surface area contributed by atoms with Crippen molar-refractivity contribution in [2.75, 3.05) is 37.7 Å². The lowest BCUT2D eigenvalue weighted by Gasteiger charge is -2.42. The van der Waals surface area contributed by atoms with Gasteiger partial charge >= 0.3 is 6.18 Å². The fourth-order valence-electron chi connectivity index (χ4n) is 5.60. The molecule has 2 N–H and O–H groups in total. The van der Waals surface area contributed by atoms with Crippen molar-refractivity contribution in [2.24, 2.45) is 0 Å². The van der Waals surface area contributed by atoms with Crippen LogP contribution in [0.15, 0.2) is 54.9 Å². The van der Waals surface area contributed by atoms with Crippen molar-refractivity contribution >= 4 is 11.6 Å². The molecule has 11 heteroatoms. The van der Waals surface area contributed by atoms with Crippen LogP contribution in [0.4, 0.5) is 18.9 Å². The first-order chi connectivity index (χ1) is 19.7. The Bertz CT molecular complexity index is 1430. The summed E-state index contributed by atoms with van der Waals surface area (Å²) < 4.78 is 45.7. The molecular weight excluding hydrogens is 533 g/mol. The van der Waals surface area contributed by atoms with Crippen LogP contribution in [0.25, 0.3) is 11.1 Å². The van der Waals surface area contributed by atoms with E-state index in [0.29, 0.717) is 56.3 Å². The maximum atomic E-state index is 14.0. The summed E-state index contributed by atoms with van der Waals surface area (Å²) >= 11 is 0. The molecule has 0 aliphatic carbocycles. The number of hydrogen-bond donors (Lipinski definition) is 2. The van der Waals surface area contributed by atoms with E-state index in [9.17, 15) is 23.2 Å². The summed E-state index contributed by atoms with van der Waals surface area (Å²) in [5, 5.41) is 16.1. The second-order valence-electron chi connectivity index (χ2n) is 10.3. The number of ether oxygens (including phenoxy) is 1. The van der Waals surface area contributed by atoms with E-state index in [2.05, 4.69) is 15.6 Å². The monoisotopic (exact) mass is 564 g/mol. The highest BCUT2D eigenvalue weighted by atomic mass is 19.4. The van der Waals surface area contributed by atoms with Crippen molar-refractivity contribution in [3.63, 3.8) is 0 Å². The molecule has 5 rings (SSSR count). The van der Waals surface area contributed by atoms with E-state index in [0.717, 1.165) is 36.2 Å². The first-order valence-corrected chi connectivity index (χ1v) is 13.7. The van der Waals surface area contributed by atoms with Gasteiger partial charge in [0, 0.05) is 49.2 Å². The molecule has 1 amide bonds. The first-order valence-electron chi connectivity index (χ1n) is 13.7. The molecular formula is C30H31F3N6O2. The van der Waals surface area contributed by atoms with Gasteiger partial charge in [-0.3, -0.25) is 9.78 Å². The maximum Gasteiger partial charge on any atom is 0.416 e. The Balaban J connectivity index is 1.49. The fourth-order valence-corrected chi connectivity index (χ4v) is 5.60. The van der Waals surface area contributed by atoms with Crippen LogP contribution in [0.1, 0.15) is 43.0 Å². The van der Waals surface area contributed by atoms with Gasteiger partial charge in [-0.25, -0.2) is 4.98 Å². The Morgan fingerprint density at radius 3 is 2.68 bits per heavy atom. The van der Waals surface area contributed by atoms with Gasteiger partial charge in [-0.05, 0) is 69.1 Å². The zero-order chi connectivity index (χ0) is 29.0. The summed E-state index contributed by atoms with van der Waals surface area (Å²) in [4.78, 5) is 24.9. The van der Waals surface area contributed by atoms with Gasteiger partial charge in [0.2, 0.25) is 11.8 Å². The largest absolute Gasteiger partial charge is 0.478 e. The van der Waals surface area contributed by atoms with Crippen LogP contribution in [0.2, 0.25) is 0 Å². The molecule has 2 fully saturated rings. The Labute approximate surface area is 236 Å². The Morgan fingerprint density at radius 1 is 1.24 bits per heavy atom. The van der Waals surface area contributed by atoms with Gasteiger partial charge in [-0.1, -0.05) is 6.07 Å². The van der Waals surface area contributed by atoms with E-state index >= 15 is 0 Å². The highest BCUT2D eigenvalue weighted by molar-refractivity contribution is 5.89. The molecule has 0 saturated carbocycles. The van der Waals surface area contributed by atoms with Gasteiger partial charge in [0.25, 0.3) is 0 Å². The first kappa shape index (κ1) is 28.4. The molecule has 2 aromatic heterocycles. The summed E-state index contributed by atoms with van der Waals surface area (Å²) in [6.45, 7) is 4.46. The van der Waals surface area contributed by atoms with Gasteiger partial charge in [0.05, 0.1) is 34.5 Å². The molecule has 0 radical (unpaired) electrons. The number of piperidine rings is 1. The molecule has 1 aromatic carbocycles. The van der Waals surface area contributed by atoms with E-state index in [1.165, 1.54) is 6.07 Å². The third-order valence-electron chi connectivity index (χ3n) is 7.84. The molecule has 0 bridgehead atoms. The number of hydrogen-bond acceptors (Lipinski definition) is 7. The average molecular weight is 565 g/mol. The molecule has 0 unspecified atom stereocenters. The minimum atomic E-state index is -4.54. The second-order valence-corrected chi connectivity index (χ2v) is 10.3. The van der Waals surface area contributed by atoms with Crippen molar-refractivity contribution < 1.29 is 22.7 Å². The summed E-state index contributed by atoms with van der Waals surface area (Å²) in [7, 11) is 0. The molecule has 1 atom stereocenters. The molecule has 2 aliphatic rings. The molecule has 3 aromatic rings. The zero-order valence-electron chi connectivity index (χ0n) is 22.7. The Kier molecular flexibility index (Phi) is 8.13. The summed E-state index contributed by atoms with van der Waals surface area (Å²) in [6.07, 6.45) is 0.406. The summed E-state index contributed by atoms with van der Waals surface area (Å²) in [5.41, 5.74) is 0.694. The van der Waals surface area contributed by atoms with Crippen LogP contribution < -0.4 is 20.3 Å². The molecule has 8 nitrogen and oxygen atoms in total. The quantitative estimate of drug-likeness (QED) is 0.437. The number of amides is 1. The van der Waals surface area contributed by atoms with Gasteiger partial charge in [-0.2, -0.15) is 18.4 Å². The normalized spacial score (nSPS) is 18.5. The topological polar surface area (TPSA) is 103 Å². The predicted molar refractivity (Wildman–Crippen MR) is 147 cm³/mol. The maximum absolute atomic E-state index is 14.0. The lowest BCUT2D eigenvalue weighted by Crippen LogP contribution is -2.54. The van der Waals surface area contributed by atoms with Crippen LogP contribution in [-0.2, 0) is 16.4 Å². The van der Waals surface area contributed by atoms with E-state index in [4.69, 9.17) is 9.72 Å². The van der Waals surface area contributed by atoms with Crippen molar-refractivity contribution in [3.8, 4) is 23.1 Å². The van der Waals surface area contributed by atoms with Gasteiger partial charge in [0.15, 0.2) is 0 Å². The van der Waals surface area contributed by atoms with Gasteiger partial charge in [0.1, 0.15) is 6.07 Å². The fraction of sp³-hybridized carbons (Fsp3) is 0.400.